The zero-order chi connectivity index (χ0) is 14.7. The van der Waals surface area contributed by atoms with Crippen LogP contribution in [0.25, 0.3) is 0 Å². The van der Waals surface area contributed by atoms with Crippen LogP contribution in [0.2, 0.25) is 0 Å². The van der Waals surface area contributed by atoms with Crippen LogP contribution < -0.4 is 5.32 Å². The third-order valence-corrected chi connectivity index (χ3v) is 2.03. The molecular weight excluding hydrogens is 259 g/mol. The molecule has 0 saturated heterocycles. The van der Waals surface area contributed by atoms with Crippen LogP contribution in [0.4, 0.5) is 18.9 Å². The molecule has 0 atom stereocenters. The van der Waals surface area contributed by atoms with Gasteiger partial charge in [-0.2, -0.15) is 13.2 Å². The van der Waals surface area contributed by atoms with Crippen LogP contribution in [0, 0.1) is 0 Å². The molecule has 0 fully saturated rings. The first kappa shape index (κ1) is 15.3. The van der Waals surface area contributed by atoms with Gasteiger partial charge in [0.1, 0.15) is 12.1 Å². The fourth-order valence-corrected chi connectivity index (χ4v) is 1.34. The Kier molecular flexibility index (Phi) is 4.44. The molecule has 1 aromatic rings. The van der Waals surface area contributed by atoms with Crippen molar-refractivity contribution in [1.82, 2.24) is 0 Å². The van der Waals surface area contributed by atoms with Gasteiger partial charge in [0, 0.05) is 5.69 Å². The lowest BCUT2D eigenvalue weighted by atomic mass is 10.1. The summed E-state index contributed by atoms with van der Waals surface area (Å²) in [6.07, 6.45) is -4.35. The van der Waals surface area contributed by atoms with Crippen molar-refractivity contribution in [2.24, 2.45) is 0 Å². The van der Waals surface area contributed by atoms with Crippen molar-refractivity contribution in [2.75, 3.05) is 11.9 Å². The van der Waals surface area contributed by atoms with E-state index in [0.717, 1.165) is 0 Å². The third kappa shape index (κ3) is 5.63. The van der Waals surface area contributed by atoms with Crippen molar-refractivity contribution in [3.8, 4) is 0 Å². The van der Waals surface area contributed by atoms with Crippen LogP contribution in [0.3, 0.4) is 0 Å². The minimum absolute atomic E-state index is 0.0849. The zero-order valence-corrected chi connectivity index (χ0v) is 11.0. The number of benzene rings is 1. The van der Waals surface area contributed by atoms with E-state index in [2.05, 4.69) is 5.32 Å². The average molecular weight is 275 g/mol. The Morgan fingerprint density at radius 3 is 2.32 bits per heavy atom. The number of esters is 1. The molecular formula is C13H16F3NO2. The van der Waals surface area contributed by atoms with Gasteiger partial charge in [-0.25, -0.2) is 4.79 Å². The first-order valence-electron chi connectivity index (χ1n) is 5.71. The monoisotopic (exact) mass is 275 g/mol. The van der Waals surface area contributed by atoms with Crippen LogP contribution in [0.15, 0.2) is 24.3 Å². The normalized spacial score (nSPS) is 12.1. The topological polar surface area (TPSA) is 38.3 Å². The first-order valence-corrected chi connectivity index (χ1v) is 5.71. The predicted molar refractivity (Wildman–Crippen MR) is 66.2 cm³/mol. The van der Waals surface area contributed by atoms with E-state index >= 15 is 0 Å². The molecule has 0 saturated carbocycles. The van der Waals surface area contributed by atoms with E-state index in [9.17, 15) is 18.0 Å². The maximum absolute atomic E-state index is 12.2. The highest BCUT2D eigenvalue weighted by Crippen LogP contribution is 2.22. The molecule has 0 unspecified atom stereocenters. The van der Waals surface area contributed by atoms with Crippen LogP contribution in [0.1, 0.15) is 31.1 Å². The summed E-state index contributed by atoms with van der Waals surface area (Å²) in [5.74, 6) is -0.655. The smallest absolute Gasteiger partial charge is 0.405 e. The second-order valence-corrected chi connectivity index (χ2v) is 5.02. The Morgan fingerprint density at radius 2 is 1.79 bits per heavy atom. The quantitative estimate of drug-likeness (QED) is 0.856. The van der Waals surface area contributed by atoms with Crippen molar-refractivity contribution >= 4 is 11.7 Å². The number of nitrogens with one attached hydrogen (secondary N) is 1. The highest BCUT2D eigenvalue weighted by molar-refractivity contribution is 5.95. The number of para-hydroxylation sites is 1. The van der Waals surface area contributed by atoms with Crippen LogP contribution in [-0.2, 0) is 4.74 Å². The third-order valence-electron chi connectivity index (χ3n) is 2.03. The number of hydrogen-bond acceptors (Lipinski definition) is 3. The number of anilines is 1. The van der Waals surface area contributed by atoms with Crippen LogP contribution in [-0.4, -0.2) is 24.3 Å². The highest BCUT2D eigenvalue weighted by atomic mass is 19.4. The lowest BCUT2D eigenvalue weighted by Crippen LogP contribution is -2.26. The van der Waals surface area contributed by atoms with Crippen molar-refractivity contribution in [2.45, 2.75) is 32.5 Å². The van der Waals surface area contributed by atoms with Gasteiger partial charge in [-0.05, 0) is 32.9 Å². The Morgan fingerprint density at radius 1 is 1.21 bits per heavy atom. The molecule has 0 amide bonds. The fourth-order valence-electron chi connectivity index (χ4n) is 1.34. The van der Waals surface area contributed by atoms with E-state index in [1.54, 1.807) is 32.9 Å². The molecule has 3 nitrogen and oxygen atoms in total. The molecule has 6 heteroatoms. The van der Waals surface area contributed by atoms with Gasteiger partial charge in [-0.1, -0.05) is 12.1 Å². The van der Waals surface area contributed by atoms with Crippen LogP contribution in [0.5, 0.6) is 0 Å². The van der Waals surface area contributed by atoms with Gasteiger partial charge in [0.15, 0.2) is 0 Å². The summed E-state index contributed by atoms with van der Waals surface area (Å²) in [5, 5.41) is 2.19. The molecule has 0 aliphatic carbocycles. The van der Waals surface area contributed by atoms with Gasteiger partial charge in [0.05, 0.1) is 5.56 Å². The predicted octanol–water partition coefficient (Wildman–Crippen LogP) is 3.62. The van der Waals surface area contributed by atoms with Crippen molar-refractivity contribution in [1.29, 1.82) is 0 Å². The maximum atomic E-state index is 12.2. The Bertz CT molecular complexity index is 450. The summed E-state index contributed by atoms with van der Waals surface area (Å²) in [4.78, 5) is 11.9. The largest absolute Gasteiger partial charge is 0.456 e. The fraction of sp³-hybridized carbons (Fsp3) is 0.462. The van der Waals surface area contributed by atoms with E-state index in [1.807, 2.05) is 0 Å². The molecule has 0 aliphatic heterocycles. The number of ether oxygens (including phenoxy) is 1. The second-order valence-electron chi connectivity index (χ2n) is 5.02. The highest BCUT2D eigenvalue weighted by Gasteiger charge is 2.28. The molecule has 0 aromatic heterocycles. The summed E-state index contributed by atoms with van der Waals surface area (Å²) >= 11 is 0. The van der Waals surface area contributed by atoms with E-state index in [-0.39, 0.29) is 11.3 Å². The molecule has 19 heavy (non-hydrogen) atoms. The van der Waals surface area contributed by atoms with Gasteiger partial charge in [-0.15, -0.1) is 0 Å². The van der Waals surface area contributed by atoms with E-state index < -0.39 is 24.3 Å². The second kappa shape index (κ2) is 5.50. The Hall–Kier alpha value is -1.72. The van der Waals surface area contributed by atoms with Crippen LogP contribution >= 0.6 is 0 Å². The van der Waals surface area contributed by atoms with E-state index in [0.29, 0.717) is 0 Å². The lowest BCUT2D eigenvalue weighted by molar-refractivity contribution is -0.115. The van der Waals surface area contributed by atoms with Gasteiger partial charge >= 0.3 is 12.1 Å². The van der Waals surface area contributed by atoms with Gasteiger partial charge in [0.25, 0.3) is 0 Å². The summed E-state index contributed by atoms with van der Waals surface area (Å²) in [7, 11) is 0. The number of hydrogen-bond donors (Lipinski definition) is 1. The molecule has 106 valence electrons. The maximum Gasteiger partial charge on any atom is 0.405 e. The Labute approximate surface area is 109 Å². The van der Waals surface area contributed by atoms with Gasteiger partial charge in [-0.3, -0.25) is 0 Å². The summed E-state index contributed by atoms with van der Waals surface area (Å²) in [6, 6.07) is 5.95. The SMILES string of the molecule is CC(C)(C)OC(=O)c1ccccc1NCC(F)(F)F. The minimum atomic E-state index is -4.35. The number of halogens is 3. The minimum Gasteiger partial charge on any atom is -0.456 e. The van der Waals surface area contributed by atoms with E-state index in [1.165, 1.54) is 12.1 Å². The first-order chi connectivity index (χ1) is 8.58. The lowest BCUT2D eigenvalue weighted by Gasteiger charge is -2.21. The molecule has 0 bridgehead atoms. The Balaban J connectivity index is 2.87. The molecule has 0 heterocycles. The molecule has 1 N–H and O–H groups in total. The molecule has 0 spiro atoms. The number of carbonyl (C=O) groups excluding carboxylic acids is 1. The molecule has 1 aromatic carbocycles. The van der Waals surface area contributed by atoms with Gasteiger partial charge in [0.2, 0.25) is 0 Å². The summed E-state index contributed by atoms with van der Waals surface area (Å²) in [6.45, 7) is 3.87. The molecule has 0 radical (unpaired) electrons. The summed E-state index contributed by atoms with van der Waals surface area (Å²) < 4.78 is 41.6. The molecule has 1 rings (SSSR count). The zero-order valence-electron chi connectivity index (χ0n) is 11.0. The average Bonchev–Trinajstić information content (AvgIpc) is 2.23. The van der Waals surface area contributed by atoms with Gasteiger partial charge < -0.3 is 10.1 Å². The summed E-state index contributed by atoms with van der Waals surface area (Å²) in [5.41, 5.74) is -0.510. The number of carbonyl (C=O) groups is 1. The standard InChI is InChI=1S/C13H16F3NO2/c1-12(2,3)19-11(18)9-6-4-5-7-10(9)17-8-13(14,15)16/h4-7,17H,8H2,1-3H3. The van der Waals surface area contributed by atoms with Crippen molar-refractivity contribution < 1.29 is 22.7 Å². The molecule has 0 aliphatic rings. The number of alkyl halides is 3. The van der Waals surface area contributed by atoms with Crippen molar-refractivity contribution in [3.63, 3.8) is 0 Å². The van der Waals surface area contributed by atoms with E-state index in [4.69, 9.17) is 4.74 Å². The van der Waals surface area contributed by atoms with Crippen molar-refractivity contribution in [3.05, 3.63) is 29.8 Å². The number of rotatable bonds is 3.